The number of aliphatic hydroxyl groups is 1. The molecule has 0 aliphatic heterocycles. The van der Waals surface area contributed by atoms with Gasteiger partial charge < -0.3 is 5.11 Å². The zero-order valence-electron chi connectivity index (χ0n) is 12.9. The molecular weight excluding hydrogens is 236 g/mol. The van der Waals surface area contributed by atoms with Crippen LogP contribution < -0.4 is 0 Å². The molecule has 0 fully saturated rings. The molecule has 18 heavy (non-hydrogen) atoms. The minimum atomic E-state index is -1.44. The molecule has 0 saturated carbocycles. The van der Waals surface area contributed by atoms with Crippen LogP contribution in [0, 0.1) is 0 Å². The minimum Gasteiger partial charge on any atom is -0.389 e. The lowest BCUT2D eigenvalue weighted by molar-refractivity contribution is 0.202. The van der Waals surface area contributed by atoms with Crippen LogP contribution in [0.2, 0.25) is 19.6 Å². The molecule has 0 amide bonds. The molecule has 1 unspecified atom stereocenters. The summed E-state index contributed by atoms with van der Waals surface area (Å²) in [5.41, 5.74) is 2.99. The van der Waals surface area contributed by atoms with E-state index in [1.807, 2.05) is 0 Å². The van der Waals surface area contributed by atoms with E-state index >= 15 is 0 Å². The first-order valence-electron chi connectivity index (χ1n) is 7.52. The normalized spacial score (nSPS) is 13.2. The van der Waals surface area contributed by atoms with E-state index in [1.165, 1.54) is 38.5 Å². The third-order valence-electron chi connectivity index (χ3n) is 3.41. The third kappa shape index (κ3) is 7.92. The molecule has 0 rings (SSSR count). The molecule has 1 atom stereocenters. The van der Waals surface area contributed by atoms with Crippen LogP contribution in [-0.2, 0) is 0 Å². The van der Waals surface area contributed by atoms with E-state index in [-0.39, 0.29) is 6.10 Å². The predicted molar refractivity (Wildman–Crippen MR) is 84.6 cm³/mol. The summed E-state index contributed by atoms with van der Waals surface area (Å²) in [5, 5.41) is 11.3. The van der Waals surface area contributed by atoms with Crippen molar-refractivity contribution < 1.29 is 5.11 Å². The van der Waals surface area contributed by atoms with Gasteiger partial charge in [0.15, 0.2) is 0 Å². The van der Waals surface area contributed by atoms with Gasteiger partial charge in [-0.1, -0.05) is 78.1 Å². The lowest BCUT2D eigenvalue weighted by Gasteiger charge is -2.23. The molecule has 0 aromatic heterocycles. The lowest BCUT2D eigenvalue weighted by atomic mass is 10.1. The van der Waals surface area contributed by atoms with Crippen molar-refractivity contribution in [3.05, 3.63) is 17.5 Å². The number of unbranched alkanes of at least 4 members (excludes halogenated alkanes) is 6. The van der Waals surface area contributed by atoms with Crippen LogP contribution in [-0.4, -0.2) is 19.3 Å². The zero-order valence-corrected chi connectivity index (χ0v) is 13.9. The van der Waals surface area contributed by atoms with Crippen molar-refractivity contribution >= 4 is 8.07 Å². The molecule has 0 saturated heterocycles. The highest BCUT2D eigenvalue weighted by Crippen LogP contribution is 2.21. The van der Waals surface area contributed by atoms with Crippen LogP contribution in [0.5, 0.6) is 0 Å². The van der Waals surface area contributed by atoms with Crippen LogP contribution >= 0.6 is 0 Å². The molecule has 0 aromatic carbocycles. The second kappa shape index (κ2) is 9.60. The maximum Gasteiger partial charge on any atom is 0.0857 e. The lowest BCUT2D eigenvalue weighted by Crippen LogP contribution is -2.31. The number of rotatable bonds is 10. The van der Waals surface area contributed by atoms with Crippen LogP contribution in [0.1, 0.15) is 58.3 Å². The summed E-state index contributed by atoms with van der Waals surface area (Å²) in [4.78, 5) is 0. The molecular formula is C16H32OSi. The third-order valence-corrected chi connectivity index (χ3v) is 5.54. The topological polar surface area (TPSA) is 20.2 Å². The van der Waals surface area contributed by atoms with E-state index < -0.39 is 8.07 Å². The van der Waals surface area contributed by atoms with Crippen molar-refractivity contribution in [1.82, 2.24) is 0 Å². The molecule has 0 heterocycles. The SMILES string of the molecule is C=C=C(C(O)CCCCCCCCC)[Si](C)(C)C. The minimum absolute atomic E-state index is 0.301. The van der Waals surface area contributed by atoms with Crippen molar-refractivity contribution in [1.29, 1.82) is 0 Å². The molecule has 0 aromatic rings. The average molecular weight is 269 g/mol. The Kier molecular flexibility index (Phi) is 9.44. The highest BCUT2D eigenvalue weighted by atomic mass is 28.3. The Hall–Kier alpha value is -0.303. The van der Waals surface area contributed by atoms with E-state index in [0.717, 1.165) is 18.0 Å². The second-order valence-corrected chi connectivity index (χ2v) is 11.3. The summed E-state index contributed by atoms with van der Waals surface area (Å²) >= 11 is 0. The van der Waals surface area contributed by atoms with Gasteiger partial charge in [-0.25, -0.2) is 0 Å². The number of aliphatic hydroxyl groups excluding tert-OH is 1. The van der Waals surface area contributed by atoms with E-state index in [9.17, 15) is 5.11 Å². The summed E-state index contributed by atoms with van der Waals surface area (Å²) in [7, 11) is -1.44. The van der Waals surface area contributed by atoms with Crippen LogP contribution in [0.25, 0.3) is 0 Å². The molecule has 0 spiro atoms. The number of hydrogen-bond donors (Lipinski definition) is 1. The second-order valence-electron chi connectivity index (χ2n) is 6.27. The fourth-order valence-electron chi connectivity index (χ4n) is 2.32. The van der Waals surface area contributed by atoms with Gasteiger partial charge in [0.25, 0.3) is 0 Å². The Morgan fingerprint density at radius 1 is 1.06 bits per heavy atom. The quantitative estimate of drug-likeness (QED) is 0.333. The highest BCUT2D eigenvalue weighted by Gasteiger charge is 2.25. The first-order chi connectivity index (χ1) is 8.43. The van der Waals surface area contributed by atoms with Crippen LogP contribution in [0.3, 0.4) is 0 Å². The summed E-state index contributed by atoms with van der Waals surface area (Å²) < 4.78 is 0. The summed E-state index contributed by atoms with van der Waals surface area (Å²) in [6, 6.07) is 0. The summed E-state index contributed by atoms with van der Waals surface area (Å²) in [6.45, 7) is 12.7. The molecule has 1 nitrogen and oxygen atoms in total. The first-order valence-corrected chi connectivity index (χ1v) is 11.0. The standard InChI is InChI=1S/C16H32OSi/c1-6-8-9-10-11-12-13-14-15(17)16(7-2)18(3,4)5/h15,17H,2,6,8-14H2,1,3-5H3. The average Bonchev–Trinajstić information content (AvgIpc) is 2.27. The van der Waals surface area contributed by atoms with Crippen LogP contribution in [0.15, 0.2) is 17.5 Å². The van der Waals surface area contributed by atoms with Crippen molar-refractivity contribution in [3.8, 4) is 0 Å². The van der Waals surface area contributed by atoms with E-state index in [2.05, 4.69) is 38.9 Å². The predicted octanol–water partition coefficient (Wildman–Crippen LogP) is 5.08. The van der Waals surface area contributed by atoms with Crippen molar-refractivity contribution in [2.75, 3.05) is 0 Å². The Morgan fingerprint density at radius 2 is 1.56 bits per heavy atom. The van der Waals surface area contributed by atoms with Gasteiger partial charge >= 0.3 is 0 Å². The monoisotopic (exact) mass is 268 g/mol. The Labute approximate surface area is 115 Å². The van der Waals surface area contributed by atoms with Gasteiger partial charge in [-0.3, -0.25) is 0 Å². The molecule has 2 heteroatoms. The van der Waals surface area contributed by atoms with Gasteiger partial charge in [0, 0.05) is 0 Å². The van der Waals surface area contributed by atoms with E-state index in [0.29, 0.717) is 0 Å². The smallest absolute Gasteiger partial charge is 0.0857 e. The summed E-state index contributed by atoms with van der Waals surface area (Å²) in [5.74, 6) is 0. The number of hydrogen-bond acceptors (Lipinski definition) is 1. The fourth-order valence-corrected chi connectivity index (χ4v) is 4.00. The van der Waals surface area contributed by atoms with Crippen molar-refractivity contribution in [3.63, 3.8) is 0 Å². The molecule has 1 N–H and O–H groups in total. The van der Waals surface area contributed by atoms with Gasteiger partial charge in [0.05, 0.1) is 14.2 Å². The van der Waals surface area contributed by atoms with Crippen molar-refractivity contribution in [2.24, 2.45) is 0 Å². The van der Waals surface area contributed by atoms with Gasteiger partial charge in [-0.05, 0) is 11.6 Å². The maximum absolute atomic E-state index is 10.2. The molecule has 0 aliphatic rings. The van der Waals surface area contributed by atoms with Crippen LogP contribution in [0.4, 0.5) is 0 Å². The Balaban J connectivity index is 3.77. The van der Waals surface area contributed by atoms with E-state index in [1.54, 1.807) is 0 Å². The Bertz CT molecular complexity index is 259. The fraction of sp³-hybridized carbons (Fsp3) is 0.812. The Morgan fingerprint density at radius 3 is 2.00 bits per heavy atom. The first kappa shape index (κ1) is 17.7. The largest absolute Gasteiger partial charge is 0.389 e. The molecule has 0 bridgehead atoms. The maximum atomic E-state index is 10.2. The summed E-state index contributed by atoms with van der Waals surface area (Å²) in [6.07, 6.45) is 9.66. The van der Waals surface area contributed by atoms with Gasteiger partial charge in [-0.15, -0.1) is 5.73 Å². The van der Waals surface area contributed by atoms with Gasteiger partial charge in [-0.2, -0.15) is 0 Å². The molecule has 0 aliphatic carbocycles. The highest BCUT2D eigenvalue weighted by molar-refractivity contribution is 6.83. The van der Waals surface area contributed by atoms with Gasteiger partial charge in [0.1, 0.15) is 0 Å². The molecule has 106 valence electrons. The zero-order chi connectivity index (χ0) is 14.0. The van der Waals surface area contributed by atoms with Gasteiger partial charge in [0.2, 0.25) is 0 Å². The van der Waals surface area contributed by atoms with Crippen molar-refractivity contribution in [2.45, 2.75) is 84.0 Å². The molecule has 0 radical (unpaired) electrons. The van der Waals surface area contributed by atoms with E-state index in [4.69, 9.17) is 0 Å².